The lowest BCUT2D eigenvalue weighted by molar-refractivity contribution is -0.138. The van der Waals surface area contributed by atoms with E-state index in [2.05, 4.69) is 0 Å². The number of benzene rings is 1. The SMILES string of the molecule is O=C(O)CCCCCCC1C(=O)CCC1C=CC(=O)c1ccccc1C(F)(F)F. The van der Waals surface area contributed by atoms with Gasteiger partial charge in [0.15, 0.2) is 5.78 Å². The molecule has 0 heterocycles. The number of rotatable bonds is 10. The van der Waals surface area contributed by atoms with Gasteiger partial charge >= 0.3 is 12.1 Å². The molecular formula is C22H25F3O4. The van der Waals surface area contributed by atoms with Gasteiger partial charge in [-0.25, -0.2) is 0 Å². The Hall–Kier alpha value is -2.44. The van der Waals surface area contributed by atoms with Crippen molar-refractivity contribution in [1.29, 1.82) is 0 Å². The van der Waals surface area contributed by atoms with E-state index >= 15 is 0 Å². The molecule has 4 nitrogen and oxygen atoms in total. The minimum Gasteiger partial charge on any atom is -0.481 e. The van der Waals surface area contributed by atoms with Crippen molar-refractivity contribution in [2.24, 2.45) is 11.8 Å². The van der Waals surface area contributed by atoms with Crippen LogP contribution in [0.2, 0.25) is 0 Å². The minimum absolute atomic E-state index is 0.119. The van der Waals surface area contributed by atoms with Crippen LogP contribution in [0.15, 0.2) is 36.4 Å². The van der Waals surface area contributed by atoms with E-state index in [0.29, 0.717) is 25.7 Å². The fraction of sp³-hybridized carbons (Fsp3) is 0.500. The quantitative estimate of drug-likeness (QED) is 0.316. The molecule has 2 unspecified atom stereocenters. The molecule has 1 saturated carbocycles. The molecule has 0 spiro atoms. The van der Waals surface area contributed by atoms with E-state index in [1.54, 1.807) is 6.08 Å². The zero-order chi connectivity index (χ0) is 21.4. The number of hydrogen-bond acceptors (Lipinski definition) is 3. The molecule has 2 atom stereocenters. The number of unbranched alkanes of at least 4 members (excludes halogenated alkanes) is 3. The Morgan fingerprint density at radius 1 is 1.10 bits per heavy atom. The molecule has 1 aromatic rings. The molecule has 29 heavy (non-hydrogen) atoms. The summed E-state index contributed by atoms with van der Waals surface area (Å²) in [5.41, 5.74) is -1.36. The zero-order valence-corrected chi connectivity index (χ0v) is 16.1. The fourth-order valence-corrected chi connectivity index (χ4v) is 3.78. The summed E-state index contributed by atoms with van der Waals surface area (Å²) in [7, 11) is 0. The highest BCUT2D eigenvalue weighted by atomic mass is 19.4. The number of aliphatic carboxylic acids is 1. The van der Waals surface area contributed by atoms with Gasteiger partial charge in [0, 0.05) is 24.3 Å². The zero-order valence-electron chi connectivity index (χ0n) is 16.1. The van der Waals surface area contributed by atoms with Crippen LogP contribution >= 0.6 is 0 Å². The van der Waals surface area contributed by atoms with Crippen molar-refractivity contribution >= 4 is 17.5 Å². The third-order valence-electron chi connectivity index (χ3n) is 5.30. The molecule has 1 aliphatic rings. The van der Waals surface area contributed by atoms with Crippen LogP contribution in [0.25, 0.3) is 0 Å². The first-order chi connectivity index (χ1) is 13.7. The second-order valence-corrected chi connectivity index (χ2v) is 7.39. The van der Waals surface area contributed by atoms with Crippen LogP contribution in [0.3, 0.4) is 0 Å². The number of carboxylic acid groups (broad SMARTS) is 1. The Balaban J connectivity index is 1.94. The monoisotopic (exact) mass is 410 g/mol. The van der Waals surface area contributed by atoms with Crippen molar-refractivity contribution in [2.75, 3.05) is 0 Å². The van der Waals surface area contributed by atoms with Crippen molar-refractivity contribution in [3.8, 4) is 0 Å². The lowest BCUT2D eigenvalue weighted by Gasteiger charge is -2.15. The number of carbonyl (C=O) groups is 3. The molecule has 1 fully saturated rings. The topological polar surface area (TPSA) is 71.4 Å². The standard InChI is InChI=1S/C22H25F3O4/c23-22(24,25)18-9-6-5-8-17(18)20(27)14-12-15-11-13-19(26)16(15)7-3-1-2-4-10-21(28)29/h5-6,8-9,12,14-16H,1-4,7,10-11,13H2,(H,28,29). The maximum atomic E-state index is 13.1. The summed E-state index contributed by atoms with van der Waals surface area (Å²) >= 11 is 0. The van der Waals surface area contributed by atoms with Gasteiger partial charge in [0.1, 0.15) is 5.78 Å². The van der Waals surface area contributed by atoms with Gasteiger partial charge in [0.2, 0.25) is 0 Å². The average Bonchev–Trinajstić information content (AvgIpc) is 3.01. The Labute approximate surface area is 167 Å². The molecule has 1 N–H and O–H groups in total. The third-order valence-corrected chi connectivity index (χ3v) is 5.30. The van der Waals surface area contributed by atoms with Gasteiger partial charge in [-0.1, -0.05) is 43.5 Å². The molecule has 0 bridgehead atoms. The predicted octanol–water partition coefficient (Wildman–Crippen LogP) is 5.46. The summed E-state index contributed by atoms with van der Waals surface area (Å²) in [6, 6.07) is 4.67. The van der Waals surface area contributed by atoms with E-state index in [9.17, 15) is 27.6 Å². The van der Waals surface area contributed by atoms with Crippen LogP contribution in [0.5, 0.6) is 0 Å². The minimum atomic E-state index is -4.60. The van der Waals surface area contributed by atoms with Gasteiger partial charge in [-0.05, 0) is 37.3 Å². The summed E-state index contributed by atoms with van der Waals surface area (Å²) in [5.74, 6) is -1.80. The first kappa shape index (κ1) is 22.8. The molecule has 0 amide bonds. The van der Waals surface area contributed by atoms with Gasteiger partial charge in [-0.15, -0.1) is 0 Å². The lowest BCUT2D eigenvalue weighted by Crippen LogP contribution is -2.14. The summed E-state index contributed by atoms with van der Waals surface area (Å²) in [5, 5.41) is 8.62. The van der Waals surface area contributed by atoms with Crippen LogP contribution < -0.4 is 0 Å². The van der Waals surface area contributed by atoms with Crippen LogP contribution in [0.4, 0.5) is 13.2 Å². The van der Waals surface area contributed by atoms with Crippen LogP contribution in [-0.4, -0.2) is 22.6 Å². The second kappa shape index (κ2) is 10.4. The Morgan fingerprint density at radius 3 is 2.48 bits per heavy atom. The summed E-state index contributed by atoms with van der Waals surface area (Å²) < 4.78 is 39.2. The number of carboxylic acids is 1. The first-order valence-electron chi connectivity index (χ1n) is 9.83. The number of alkyl halides is 3. The normalized spacial score (nSPS) is 19.8. The highest BCUT2D eigenvalue weighted by molar-refractivity contribution is 6.05. The van der Waals surface area contributed by atoms with Crippen LogP contribution in [-0.2, 0) is 15.8 Å². The summed E-state index contributed by atoms with van der Waals surface area (Å²) in [4.78, 5) is 35.0. The molecule has 0 saturated heterocycles. The maximum absolute atomic E-state index is 13.1. The van der Waals surface area contributed by atoms with Crippen molar-refractivity contribution < 1.29 is 32.7 Å². The van der Waals surface area contributed by atoms with Gasteiger partial charge in [-0.3, -0.25) is 14.4 Å². The Kier molecular flexibility index (Phi) is 8.17. The van der Waals surface area contributed by atoms with E-state index in [0.717, 1.165) is 37.5 Å². The number of allylic oxidation sites excluding steroid dienone is 2. The molecule has 1 aromatic carbocycles. The second-order valence-electron chi connectivity index (χ2n) is 7.39. The maximum Gasteiger partial charge on any atom is 0.417 e. The van der Waals surface area contributed by atoms with Crippen molar-refractivity contribution in [1.82, 2.24) is 0 Å². The molecule has 7 heteroatoms. The molecule has 2 rings (SSSR count). The van der Waals surface area contributed by atoms with E-state index in [4.69, 9.17) is 5.11 Å². The third kappa shape index (κ3) is 6.84. The highest BCUT2D eigenvalue weighted by Gasteiger charge is 2.35. The van der Waals surface area contributed by atoms with Gasteiger partial charge in [-0.2, -0.15) is 13.2 Å². The first-order valence-corrected chi connectivity index (χ1v) is 9.83. The van der Waals surface area contributed by atoms with Crippen LogP contribution in [0.1, 0.15) is 67.3 Å². The summed E-state index contributed by atoms with van der Waals surface area (Å²) in [6.07, 6.45) is 2.90. The largest absolute Gasteiger partial charge is 0.481 e. The Bertz CT molecular complexity index is 768. The highest BCUT2D eigenvalue weighted by Crippen LogP contribution is 2.35. The van der Waals surface area contributed by atoms with Gasteiger partial charge in [0.25, 0.3) is 0 Å². The van der Waals surface area contributed by atoms with Crippen molar-refractivity contribution in [3.05, 3.63) is 47.5 Å². The smallest absolute Gasteiger partial charge is 0.417 e. The molecule has 158 valence electrons. The van der Waals surface area contributed by atoms with Crippen molar-refractivity contribution in [3.63, 3.8) is 0 Å². The van der Waals surface area contributed by atoms with E-state index in [-0.39, 0.29) is 24.0 Å². The molecule has 0 aromatic heterocycles. The summed E-state index contributed by atoms with van der Waals surface area (Å²) in [6.45, 7) is 0. The number of Topliss-reactive ketones (excluding diaryl/α,β-unsaturated/α-hetero) is 1. The van der Waals surface area contributed by atoms with E-state index < -0.39 is 29.1 Å². The van der Waals surface area contributed by atoms with E-state index in [1.165, 1.54) is 12.1 Å². The predicted molar refractivity (Wildman–Crippen MR) is 101 cm³/mol. The van der Waals surface area contributed by atoms with E-state index in [1.807, 2.05) is 0 Å². The molecule has 1 aliphatic carbocycles. The number of hydrogen-bond donors (Lipinski definition) is 1. The average molecular weight is 410 g/mol. The number of ketones is 2. The number of halogens is 3. The van der Waals surface area contributed by atoms with Crippen molar-refractivity contribution in [2.45, 2.75) is 57.5 Å². The molecule has 0 radical (unpaired) electrons. The molecule has 0 aliphatic heterocycles. The molecular weight excluding hydrogens is 385 g/mol. The number of carbonyl (C=O) groups excluding carboxylic acids is 2. The Morgan fingerprint density at radius 2 is 1.79 bits per heavy atom. The lowest BCUT2D eigenvalue weighted by atomic mass is 9.89. The van der Waals surface area contributed by atoms with Gasteiger partial charge in [0.05, 0.1) is 5.56 Å². The van der Waals surface area contributed by atoms with Crippen LogP contribution in [0, 0.1) is 11.8 Å². The van der Waals surface area contributed by atoms with Gasteiger partial charge < -0.3 is 5.11 Å². The fourth-order valence-electron chi connectivity index (χ4n) is 3.78.